The fourth-order valence-corrected chi connectivity index (χ4v) is 2.09. The zero-order valence-electron chi connectivity index (χ0n) is 12.2. The van der Waals surface area contributed by atoms with Crippen LogP contribution in [0.1, 0.15) is 52.4 Å². The fourth-order valence-electron chi connectivity index (χ4n) is 2.09. The molecule has 19 heavy (non-hydrogen) atoms. The quantitative estimate of drug-likeness (QED) is 0.629. The van der Waals surface area contributed by atoms with Crippen LogP contribution in [0.5, 0.6) is 0 Å². The van der Waals surface area contributed by atoms with Gasteiger partial charge in [-0.25, -0.2) is 0 Å². The van der Waals surface area contributed by atoms with Gasteiger partial charge in [0.15, 0.2) is 0 Å². The number of unbranched alkanes of at least 4 members (excludes halogenated alkanes) is 2. The molecule has 0 saturated carbocycles. The van der Waals surface area contributed by atoms with Crippen LogP contribution in [-0.4, -0.2) is 24.7 Å². The van der Waals surface area contributed by atoms with E-state index in [1.165, 1.54) is 19.3 Å². The number of carbonyl (C=O) groups excluding carboxylic acids is 1. The largest absolute Gasteiger partial charge is 0.355 e. The maximum atomic E-state index is 11.8. The standard InChI is InChI=1S/C15H27N3O/c1-12(2)6-4-3-5-8-18-15(19)14(16)10-13-7-9-17-11-13/h9,11-12,14H,3-8,10,16H2,1-2H3,(H,18,19)/t14-/m0/s1. The minimum Gasteiger partial charge on any atom is -0.355 e. The van der Waals surface area contributed by atoms with E-state index in [-0.39, 0.29) is 5.91 Å². The molecule has 0 unspecified atom stereocenters. The summed E-state index contributed by atoms with van der Waals surface area (Å²) in [6.45, 7) is 5.21. The molecular weight excluding hydrogens is 238 g/mol. The number of rotatable bonds is 9. The second-order valence-corrected chi connectivity index (χ2v) is 5.67. The fraction of sp³-hybridized carbons (Fsp3) is 0.733. The van der Waals surface area contributed by atoms with Crippen LogP contribution >= 0.6 is 0 Å². The third-order valence-corrected chi connectivity index (χ3v) is 3.29. The van der Waals surface area contributed by atoms with Crippen molar-refractivity contribution in [1.29, 1.82) is 0 Å². The molecule has 4 nitrogen and oxygen atoms in total. The predicted molar refractivity (Wildman–Crippen MR) is 80.1 cm³/mol. The van der Waals surface area contributed by atoms with E-state index >= 15 is 0 Å². The maximum absolute atomic E-state index is 11.8. The highest BCUT2D eigenvalue weighted by Gasteiger charge is 2.15. The summed E-state index contributed by atoms with van der Waals surface area (Å²) in [5.41, 5.74) is 7.01. The molecule has 0 aromatic carbocycles. The van der Waals surface area contributed by atoms with Crippen molar-refractivity contribution in [2.75, 3.05) is 6.54 Å². The third-order valence-electron chi connectivity index (χ3n) is 3.29. The van der Waals surface area contributed by atoms with Crippen LogP contribution in [0.25, 0.3) is 0 Å². The Balaban J connectivity index is 2.03. The van der Waals surface area contributed by atoms with Gasteiger partial charge in [-0.2, -0.15) is 0 Å². The van der Waals surface area contributed by atoms with Crippen molar-refractivity contribution in [3.05, 3.63) is 11.8 Å². The smallest absolute Gasteiger partial charge is 0.237 e. The van der Waals surface area contributed by atoms with Gasteiger partial charge in [-0.3, -0.25) is 9.79 Å². The molecule has 0 aliphatic carbocycles. The van der Waals surface area contributed by atoms with Crippen molar-refractivity contribution >= 4 is 12.1 Å². The van der Waals surface area contributed by atoms with E-state index in [4.69, 9.17) is 5.73 Å². The average molecular weight is 265 g/mol. The van der Waals surface area contributed by atoms with Gasteiger partial charge in [0.25, 0.3) is 0 Å². The lowest BCUT2D eigenvalue weighted by molar-refractivity contribution is -0.122. The van der Waals surface area contributed by atoms with E-state index in [0.29, 0.717) is 6.42 Å². The molecule has 1 heterocycles. The molecule has 1 rings (SSSR count). The Morgan fingerprint density at radius 2 is 2.21 bits per heavy atom. The molecule has 0 saturated heterocycles. The van der Waals surface area contributed by atoms with E-state index < -0.39 is 6.04 Å². The number of amides is 1. The summed E-state index contributed by atoms with van der Waals surface area (Å²) in [7, 11) is 0. The lowest BCUT2D eigenvalue weighted by Crippen LogP contribution is -2.41. The third kappa shape index (κ3) is 7.11. The van der Waals surface area contributed by atoms with Gasteiger partial charge in [-0.1, -0.05) is 33.1 Å². The Kier molecular flexibility index (Phi) is 7.41. The monoisotopic (exact) mass is 265 g/mol. The first-order valence-corrected chi connectivity index (χ1v) is 7.32. The minimum atomic E-state index is -0.441. The number of nitrogens with two attached hydrogens (primary N) is 1. The van der Waals surface area contributed by atoms with E-state index in [2.05, 4.69) is 24.2 Å². The number of hydrogen-bond acceptors (Lipinski definition) is 3. The summed E-state index contributed by atoms with van der Waals surface area (Å²) in [5, 5.41) is 2.91. The number of nitrogens with one attached hydrogen (secondary N) is 1. The number of aliphatic imine (C=N–C) groups is 1. The highest BCUT2D eigenvalue weighted by atomic mass is 16.2. The zero-order valence-corrected chi connectivity index (χ0v) is 12.2. The first-order valence-electron chi connectivity index (χ1n) is 7.32. The number of nitrogens with zero attached hydrogens (tertiary/aromatic N) is 1. The lowest BCUT2D eigenvalue weighted by Gasteiger charge is -2.12. The molecule has 0 radical (unpaired) electrons. The average Bonchev–Trinajstić information content (AvgIpc) is 2.85. The van der Waals surface area contributed by atoms with Gasteiger partial charge in [0.2, 0.25) is 5.91 Å². The zero-order chi connectivity index (χ0) is 14.1. The second kappa shape index (κ2) is 8.86. The Morgan fingerprint density at radius 3 is 2.84 bits per heavy atom. The van der Waals surface area contributed by atoms with E-state index in [9.17, 15) is 4.79 Å². The highest BCUT2D eigenvalue weighted by Crippen LogP contribution is 2.12. The minimum absolute atomic E-state index is 0.0448. The summed E-state index contributed by atoms with van der Waals surface area (Å²) in [6.07, 6.45) is 9.80. The van der Waals surface area contributed by atoms with Crippen molar-refractivity contribution in [3.63, 3.8) is 0 Å². The molecule has 0 fully saturated rings. The second-order valence-electron chi connectivity index (χ2n) is 5.67. The molecule has 1 atom stereocenters. The normalized spacial score (nSPS) is 15.7. The van der Waals surface area contributed by atoms with Crippen LogP contribution in [0.4, 0.5) is 0 Å². The number of hydrogen-bond donors (Lipinski definition) is 2. The number of carbonyl (C=O) groups is 1. The molecule has 3 N–H and O–H groups in total. The Bertz CT molecular complexity index is 334. The molecule has 0 spiro atoms. The Labute approximate surface area is 116 Å². The van der Waals surface area contributed by atoms with Crippen molar-refractivity contribution in [3.8, 4) is 0 Å². The molecule has 0 aromatic rings. The summed E-state index contributed by atoms with van der Waals surface area (Å²) in [4.78, 5) is 15.8. The molecule has 108 valence electrons. The van der Waals surface area contributed by atoms with Crippen molar-refractivity contribution < 1.29 is 4.79 Å². The van der Waals surface area contributed by atoms with Gasteiger partial charge < -0.3 is 11.1 Å². The predicted octanol–water partition coefficient (Wildman–Crippen LogP) is 2.39. The van der Waals surface area contributed by atoms with E-state index in [1.54, 1.807) is 6.20 Å². The first kappa shape index (κ1) is 15.9. The van der Waals surface area contributed by atoms with Crippen molar-refractivity contribution in [1.82, 2.24) is 5.32 Å². The summed E-state index contributed by atoms with van der Waals surface area (Å²) in [5.74, 6) is 0.724. The van der Waals surface area contributed by atoms with Gasteiger partial charge >= 0.3 is 0 Å². The van der Waals surface area contributed by atoms with Crippen molar-refractivity contribution in [2.45, 2.75) is 58.4 Å². The van der Waals surface area contributed by atoms with Gasteiger partial charge in [-0.15, -0.1) is 0 Å². The van der Waals surface area contributed by atoms with Crippen LogP contribution in [0.2, 0.25) is 0 Å². The SMILES string of the molecule is CC(C)CCCCCNC(=O)[C@@H](N)CC1=CN=CC1. The van der Waals surface area contributed by atoms with E-state index in [0.717, 1.165) is 30.9 Å². The van der Waals surface area contributed by atoms with Crippen LogP contribution in [0.3, 0.4) is 0 Å². The molecular formula is C15H27N3O. The Hall–Kier alpha value is -1.16. The first-order chi connectivity index (χ1) is 9.09. The lowest BCUT2D eigenvalue weighted by atomic mass is 10.0. The molecule has 4 heteroatoms. The summed E-state index contributed by atoms with van der Waals surface area (Å²) in [6, 6.07) is -0.441. The van der Waals surface area contributed by atoms with Gasteiger partial charge in [-0.05, 0) is 24.3 Å². The van der Waals surface area contributed by atoms with Crippen LogP contribution in [-0.2, 0) is 4.79 Å². The maximum Gasteiger partial charge on any atom is 0.237 e. The molecule has 1 aliphatic heterocycles. The van der Waals surface area contributed by atoms with Gasteiger partial charge in [0.05, 0.1) is 6.04 Å². The molecule has 0 bridgehead atoms. The summed E-state index contributed by atoms with van der Waals surface area (Å²) < 4.78 is 0. The van der Waals surface area contributed by atoms with Crippen molar-refractivity contribution in [2.24, 2.45) is 16.6 Å². The van der Waals surface area contributed by atoms with Crippen LogP contribution < -0.4 is 11.1 Å². The summed E-state index contributed by atoms with van der Waals surface area (Å²) >= 11 is 0. The molecule has 1 amide bonds. The van der Waals surface area contributed by atoms with Crippen LogP contribution in [0.15, 0.2) is 16.8 Å². The molecule has 1 aliphatic rings. The highest BCUT2D eigenvalue weighted by molar-refractivity contribution is 5.82. The molecule has 0 aromatic heterocycles. The Morgan fingerprint density at radius 1 is 1.42 bits per heavy atom. The van der Waals surface area contributed by atoms with Gasteiger partial charge in [0, 0.05) is 25.4 Å². The van der Waals surface area contributed by atoms with Crippen LogP contribution in [0, 0.1) is 5.92 Å². The topological polar surface area (TPSA) is 67.5 Å². The van der Waals surface area contributed by atoms with Gasteiger partial charge in [0.1, 0.15) is 0 Å². The van der Waals surface area contributed by atoms with E-state index in [1.807, 2.05) is 6.21 Å².